The molecule has 1 aliphatic rings. The molecule has 0 aliphatic carbocycles. The van der Waals surface area contributed by atoms with Gasteiger partial charge in [0.25, 0.3) is 0 Å². The quantitative estimate of drug-likeness (QED) is 0.448. The number of carbonyl (C=O) groups excluding carboxylic acids is 1. The summed E-state index contributed by atoms with van der Waals surface area (Å²) < 4.78 is 15.8. The largest absolute Gasteiger partial charge is 0.477 e. The standard InChI is InChI=1S/C22H25N5O6S/c1-12-4-17(26-6-14(7-26)16(28)5-13(9-32-2)10-33-3)25-20-18(12)19(29)15(21(30)31)8-27(20)22-23-11-24-34-22/h4,8,11,13-14H,5-7,9-10H2,1-3H3,(H,30,31). The van der Waals surface area contributed by atoms with Crippen LogP contribution in [0.2, 0.25) is 0 Å². The van der Waals surface area contributed by atoms with Crippen LogP contribution in [0.25, 0.3) is 16.2 Å². The van der Waals surface area contributed by atoms with Crippen molar-refractivity contribution in [2.45, 2.75) is 13.3 Å². The molecule has 0 spiro atoms. The lowest BCUT2D eigenvalue weighted by atomic mass is 9.89. The molecular weight excluding hydrogens is 462 g/mol. The Labute approximate surface area is 199 Å². The van der Waals surface area contributed by atoms with Crippen molar-refractivity contribution >= 4 is 40.1 Å². The first kappa shape index (κ1) is 23.9. The maximum absolute atomic E-state index is 12.9. The highest BCUT2D eigenvalue weighted by Gasteiger charge is 2.35. The zero-order valence-corrected chi connectivity index (χ0v) is 19.9. The fraction of sp³-hybridized carbons (Fsp3) is 0.455. The molecule has 0 atom stereocenters. The summed E-state index contributed by atoms with van der Waals surface area (Å²) in [5.41, 5.74) is -0.0615. The highest BCUT2D eigenvalue weighted by molar-refractivity contribution is 7.08. The smallest absolute Gasteiger partial charge is 0.341 e. The van der Waals surface area contributed by atoms with Crippen LogP contribution in [-0.2, 0) is 14.3 Å². The molecule has 3 aromatic heterocycles. The number of fused-ring (bicyclic) bond motifs is 1. The van der Waals surface area contributed by atoms with E-state index in [1.165, 1.54) is 17.1 Å². The number of methoxy groups -OCH3 is 2. The number of ether oxygens (including phenoxy) is 2. The molecule has 0 unspecified atom stereocenters. The van der Waals surface area contributed by atoms with Crippen molar-refractivity contribution in [1.82, 2.24) is 18.9 Å². The van der Waals surface area contributed by atoms with E-state index in [-0.39, 0.29) is 28.6 Å². The van der Waals surface area contributed by atoms with Crippen molar-refractivity contribution in [3.63, 3.8) is 0 Å². The van der Waals surface area contributed by atoms with Crippen molar-refractivity contribution in [2.75, 3.05) is 45.4 Å². The third-order valence-electron chi connectivity index (χ3n) is 5.88. The Morgan fingerprint density at radius 3 is 2.56 bits per heavy atom. The highest BCUT2D eigenvalue weighted by atomic mass is 32.1. The molecular formula is C22H25N5O6S. The molecule has 0 saturated carbocycles. The summed E-state index contributed by atoms with van der Waals surface area (Å²) in [4.78, 5) is 48.1. The summed E-state index contributed by atoms with van der Waals surface area (Å²) in [6.45, 7) is 3.69. The van der Waals surface area contributed by atoms with Gasteiger partial charge in [0.2, 0.25) is 10.6 Å². The number of carbonyl (C=O) groups is 2. The Kier molecular flexibility index (Phi) is 7.00. The number of Topliss-reactive ketones (excluding diaryl/α,β-unsaturated/α-hetero) is 1. The van der Waals surface area contributed by atoms with Crippen molar-refractivity contribution < 1.29 is 24.2 Å². The summed E-state index contributed by atoms with van der Waals surface area (Å²) >= 11 is 1.06. The van der Waals surface area contributed by atoms with E-state index in [1.54, 1.807) is 27.2 Å². The summed E-state index contributed by atoms with van der Waals surface area (Å²) in [6.07, 6.45) is 2.98. The van der Waals surface area contributed by atoms with Crippen molar-refractivity contribution in [1.29, 1.82) is 0 Å². The molecule has 12 heteroatoms. The van der Waals surface area contributed by atoms with Crippen LogP contribution in [0.1, 0.15) is 22.3 Å². The van der Waals surface area contributed by atoms with Gasteiger partial charge in [-0.2, -0.15) is 4.37 Å². The number of anilines is 1. The van der Waals surface area contributed by atoms with Crippen LogP contribution in [0.3, 0.4) is 0 Å². The maximum Gasteiger partial charge on any atom is 0.341 e. The Hall–Kier alpha value is -3.22. The molecule has 0 amide bonds. The van der Waals surface area contributed by atoms with Gasteiger partial charge in [-0.15, -0.1) is 0 Å². The van der Waals surface area contributed by atoms with Gasteiger partial charge >= 0.3 is 5.97 Å². The van der Waals surface area contributed by atoms with Gasteiger partial charge in [0.05, 0.1) is 24.5 Å². The zero-order valence-electron chi connectivity index (χ0n) is 19.1. The van der Waals surface area contributed by atoms with Crippen LogP contribution in [0.4, 0.5) is 5.82 Å². The summed E-state index contributed by atoms with van der Waals surface area (Å²) in [6, 6.07) is 1.75. The molecule has 0 radical (unpaired) electrons. The van der Waals surface area contributed by atoms with Crippen LogP contribution in [0.5, 0.6) is 0 Å². The molecule has 1 N–H and O–H groups in total. The number of nitrogens with zero attached hydrogens (tertiary/aromatic N) is 5. The minimum Gasteiger partial charge on any atom is -0.477 e. The number of rotatable bonds is 10. The number of aromatic carboxylic acids is 1. The van der Waals surface area contributed by atoms with Crippen LogP contribution in [-0.4, -0.2) is 76.3 Å². The number of aromatic nitrogens is 4. The number of hydrogen-bond donors (Lipinski definition) is 1. The summed E-state index contributed by atoms with van der Waals surface area (Å²) in [5, 5.41) is 10.1. The van der Waals surface area contributed by atoms with E-state index in [0.29, 0.717) is 54.9 Å². The lowest BCUT2D eigenvalue weighted by molar-refractivity contribution is -0.125. The topological polar surface area (TPSA) is 137 Å². The zero-order chi connectivity index (χ0) is 24.4. The van der Waals surface area contributed by atoms with E-state index < -0.39 is 11.4 Å². The van der Waals surface area contributed by atoms with E-state index in [2.05, 4.69) is 14.3 Å². The predicted molar refractivity (Wildman–Crippen MR) is 125 cm³/mol. The SMILES string of the molecule is COCC(COC)CC(=O)C1CN(c2cc(C)c3c(=O)c(C(=O)O)cn(-c4ncns4)c3n2)C1. The Morgan fingerprint density at radius 2 is 1.97 bits per heavy atom. The van der Waals surface area contributed by atoms with Gasteiger partial charge in [0, 0.05) is 57.4 Å². The number of carboxylic acids is 1. The van der Waals surface area contributed by atoms with Gasteiger partial charge in [0.1, 0.15) is 23.5 Å². The third kappa shape index (κ3) is 4.56. The minimum absolute atomic E-state index is 0.0161. The maximum atomic E-state index is 12.9. The molecule has 11 nitrogen and oxygen atoms in total. The van der Waals surface area contributed by atoms with Gasteiger partial charge in [0.15, 0.2) is 5.65 Å². The first-order valence-corrected chi connectivity index (χ1v) is 11.4. The summed E-state index contributed by atoms with van der Waals surface area (Å²) in [5.74, 6) is -0.654. The van der Waals surface area contributed by atoms with Crippen LogP contribution in [0, 0.1) is 18.8 Å². The second-order valence-electron chi connectivity index (χ2n) is 8.32. The molecule has 4 rings (SSSR count). The van der Waals surface area contributed by atoms with Crippen molar-refractivity contribution in [2.24, 2.45) is 11.8 Å². The van der Waals surface area contributed by atoms with E-state index in [1.807, 2.05) is 4.90 Å². The number of aryl methyl sites for hydroxylation is 1. The van der Waals surface area contributed by atoms with E-state index in [9.17, 15) is 19.5 Å². The summed E-state index contributed by atoms with van der Waals surface area (Å²) in [7, 11) is 3.21. The molecule has 1 saturated heterocycles. The molecule has 34 heavy (non-hydrogen) atoms. The number of pyridine rings is 2. The fourth-order valence-electron chi connectivity index (χ4n) is 4.17. The lowest BCUT2D eigenvalue weighted by Gasteiger charge is -2.40. The fourth-order valence-corrected chi connectivity index (χ4v) is 4.68. The van der Waals surface area contributed by atoms with E-state index in [0.717, 1.165) is 11.5 Å². The normalized spacial score (nSPS) is 14.1. The number of hydrogen-bond acceptors (Lipinski definition) is 10. The van der Waals surface area contributed by atoms with Crippen LogP contribution < -0.4 is 10.3 Å². The molecule has 1 fully saturated rings. The lowest BCUT2D eigenvalue weighted by Crippen LogP contribution is -2.51. The predicted octanol–water partition coefficient (Wildman–Crippen LogP) is 1.55. The highest BCUT2D eigenvalue weighted by Crippen LogP contribution is 2.29. The first-order chi connectivity index (χ1) is 16.3. The monoisotopic (exact) mass is 487 g/mol. The van der Waals surface area contributed by atoms with Gasteiger partial charge in [-0.1, -0.05) is 0 Å². The average molecular weight is 488 g/mol. The Bertz CT molecular complexity index is 1260. The Balaban J connectivity index is 1.63. The van der Waals surface area contributed by atoms with E-state index in [4.69, 9.17) is 9.47 Å². The molecule has 1 aliphatic heterocycles. The van der Waals surface area contributed by atoms with Crippen LogP contribution >= 0.6 is 11.5 Å². The second kappa shape index (κ2) is 9.95. The third-order valence-corrected chi connectivity index (χ3v) is 6.55. The van der Waals surface area contributed by atoms with Crippen molar-refractivity contribution in [3.8, 4) is 5.13 Å². The van der Waals surface area contributed by atoms with E-state index >= 15 is 0 Å². The average Bonchev–Trinajstić information content (AvgIpc) is 3.27. The van der Waals surface area contributed by atoms with Crippen LogP contribution in [0.15, 0.2) is 23.4 Å². The second-order valence-corrected chi connectivity index (χ2v) is 9.07. The van der Waals surface area contributed by atoms with Crippen molar-refractivity contribution in [3.05, 3.63) is 39.9 Å². The Morgan fingerprint density at radius 1 is 1.26 bits per heavy atom. The minimum atomic E-state index is -1.32. The van der Waals surface area contributed by atoms with Gasteiger partial charge < -0.3 is 19.5 Å². The molecule has 3 aromatic rings. The van der Waals surface area contributed by atoms with Gasteiger partial charge in [-0.3, -0.25) is 14.2 Å². The first-order valence-electron chi connectivity index (χ1n) is 10.7. The molecule has 4 heterocycles. The van der Waals surface area contributed by atoms with Gasteiger partial charge in [-0.25, -0.2) is 14.8 Å². The molecule has 0 aromatic carbocycles. The number of carboxylic acid groups (broad SMARTS) is 1. The number of ketones is 1. The van der Waals surface area contributed by atoms with Gasteiger partial charge in [-0.05, 0) is 18.6 Å². The molecule has 0 bridgehead atoms. The molecule has 180 valence electrons.